The summed E-state index contributed by atoms with van der Waals surface area (Å²) in [6.07, 6.45) is 2.31. The fraction of sp³-hybridized carbons (Fsp3) is 0.333. The minimum Gasteiger partial charge on any atom is -0.310 e. The highest BCUT2D eigenvalue weighted by Crippen LogP contribution is 2.24. The molecule has 0 radical (unpaired) electrons. The quantitative estimate of drug-likeness (QED) is 0.542. The predicted molar refractivity (Wildman–Crippen MR) is 109 cm³/mol. The highest BCUT2D eigenvalue weighted by Gasteiger charge is 2.09. The van der Waals surface area contributed by atoms with E-state index in [0.29, 0.717) is 6.04 Å². The molecule has 0 spiro atoms. The van der Waals surface area contributed by atoms with Crippen LogP contribution in [0.15, 0.2) is 54.6 Å². The molecule has 0 aliphatic rings. The second-order valence-electron chi connectivity index (χ2n) is 7.23. The maximum absolute atomic E-state index is 3.71. The van der Waals surface area contributed by atoms with Crippen molar-refractivity contribution in [1.29, 1.82) is 0 Å². The van der Waals surface area contributed by atoms with Gasteiger partial charge in [0.2, 0.25) is 0 Å². The Morgan fingerprint density at radius 1 is 0.880 bits per heavy atom. The molecule has 25 heavy (non-hydrogen) atoms. The molecule has 0 saturated carbocycles. The van der Waals surface area contributed by atoms with Gasteiger partial charge in [0.05, 0.1) is 0 Å². The lowest BCUT2D eigenvalue weighted by Gasteiger charge is -2.17. The molecular formula is C24H29N. The molecule has 1 nitrogen and oxygen atoms in total. The molecule has 3 rings (SSSR count). The van der Waals surface area contributed by atoms with E-state index in [1.54, 1.807) is 0 Å². The zero-order valence-electron chi connectivity index (χ0n) is 15.9. The van der Waals surface area contributed by atoms with E-state index in [4.69, 9.17) is 0 Å². The van der Waals surface area contributed by atoms with Crippen molar-refractivity contribution in [2.75, 3.05) is 6.54 Å². The van der Waals surface area contributed by atoms with Gasteiger partial charge in [-0.1, -0.05) is 60.2 Å². The third kappa shape index (κ3) is 4.11. The van der Waals surface area contributed by atoms with Gasteiger partial charge in [0, 0.05) is 6.04 Å². The molecule has 0 amide bonds. The highest BCUT2D eigenvalue weighted by molar-refractivity contribution is 5.86. The van der Waals surface area contributed by atoms with Crippen molar-refractivity contribution in [3.63, 3.8) is 0 Å². The fourth-order valence-corrected chi connectivity index (χ4v) is 3.93. The molecular weight excluding hydrogens is 302 g/mol. The van der Waals surface area contributed by atoms with Crippen LogP contribution in [0.1, 0.15) is 47.2 Å². The molecule has 1 heteroatoms. The molecule has 1 N–H and O–H groups in total. The van der Waals surface area contributed by atoms with E-state index in [1.807, 2.05) is 0 Å². The molecule has 3 aromatic carbocycles. The van der Waals surface area contributed by atoms with Crippen LogP contribution in [0.2, 0.25) is 0 Å². The molecule has 0 fully saturated rings. The first kappa shape index (κ1) is 17.7. The molecule has 0 aliphatic heterocycles. The van der Waals surface area contributed by atoms with Crippen LogP contribution in [0.5, 0.6) is 0 Å². The van der Waals surface area contributed by atoms with Crippen molar-refractivity contribution in [3.05, 3.63) is 82.4 Å². The smallest absolute Gasteiger partial charge is 0.0297 e. The van der Waals surface area contributed by atoms with Gasteiger partial charge in [0.25, 0.3) is 0 Å². The van der Waals surface area contributed by atoms with Gasteiger partial charge in [-0.05, 0) is 80.1 Å². The van der Waals surface area contributed by atoms with Crippen molar-refractivity contribution in [2.45, 2.75) is 46.6 Å². The Balaban J connectivity index is 1.61. The maximum Gasteiger partial charge on any atom is 0.0297 e. The molecule has 0 saturated heterocycles. The van der Waals surface area contributed by atoms with E-state index < -0.39 is 0 Å². The summed E-state index contributed by atoms with van der Waals surface area (Å²) in [5, 5.41) is 6.39. The topological polar surface area (TPSA) is 12.0 Å². The van der Waals surface area contributed by atoms with Crippen molar-refractivity contribution < 1.29 is 0 Å². The van der Waals surface area contributed by atoms with Gasteiger partial charge in [0.15, 0.2) is 0 Å². The van der Waals surface area contributed by atoms with Crippen molar-refractivity contribution in [3.8, 4) is 0 Å². The van der Waals surface area contributed by atoms with Crippen LogP contribution in [0.3, 0.4) is 0 Å². The minimum atomic E-state index is 0.367. The predicted octanol–water partition coefficient (Wildman–Crippen LogP) is 6.05. The zero-order valence-corrected chi connectivity index (χ0v) is 15.9. The standard InChI is InChI=1S/C24H29N/c1-17-15-18(2)22(19(3)16-17)13-8-14-25-20(4)23-12-7-10-21-9-5-6-11-24(21)23/h5-7,9-12,15-16,20,25H,8,13-14H2,1-4H3/t20-/m0/s1. The summed E-state index contributed by atoms with van der Waals surface area (Å²) in [5.41, 5.74) is 7.13. The summed E-state index contributed by atoms with van der Waals surface area (Å²) >= 11 is 0. The molecule has 0 aromatic heterocycles. The van der Waals surface area contributed by atoms with Gasteiger partial charge < -0.3 is 5.32 Å². The number of benzene rings is 3. The van der Waals surface area contributed by atoms with Gasteiger partial charge >= 0.3 is 0 Å². The number of nitrogens with one attached hydrogen (secondary N) is 1. The summed E-state index contributed by atoms with van der Waals surface area (Å²) in [5.74, 6) is 0. The Kier molecular flexibility index (Phi) is 5.55. The zero-order chi connectivity index (χ0) is 17.8. The Morgan fingerprint density at radius 3 is 2.32 bits per heavy atom. The highest BCUT2D eigenvalue weighted by atomic mass is 14.9. The molecule has 0 unspecified atom stereocenters. The summed E-state index contributed by atoms with van der Waals surface area (Å²) in [4.78, 5) is 0. The van der Waals surface area contributed by atoms with Crippen LogP contribution in [0.25, 0.3) is 10.8 Å². The summed E-state index contributed by atoms with van der Waals surface area (Å²) < 4.78 is 0. The molecule has 0 heterocycles. The third-order valence-corrected chi connectivity index (χ3v) is 5.18. The molecule has 0 bridgehead atoms. The lowest BCUT2D eigenvalue weighted by molar-refractivity contribution is 0.560. The Labute approximate surface area is 152 Å². The van der Waals surface area contributed by atoms with Crippen LogP contribution < -0.4 is 5.32 Å². The Hall–Kier alpha value is -2.12. The number of hydrogen-bond donors (Lipinski definition) is 1. The van der Waals surface area contributed by atoms with Gasteiger partial charge in [-0.2, -0.15) is 0 Å². The normalized spacial score (nSPS) is 12.5. The minimum absolute atomic E-state index is 0.367. The summed E-state index contributed by atoms with van der Waals surface area (Å²) in [6, 6.07) is 20.2. The Bertz CT molecular complexity index is 835. The number of fused-ring (bicyclic) bond motifs is 1. The summed E-state index contributed by atoms with van der Waals surface area (Å²) in [6.45, 7) is 9.96. The first-order valence-electron chi connectivity index (χ1n) is 9.34. The lowest BCUT2D eigenvalue weighted by atomic mass is 9.96. The van der Waals surface area contributed by atoms with Crippen molar-refractivity contribution in [1.82, 2.24) is 5.32 Å². The molecule has 1 atom stereocenters. The van der Waals surface area contributed by atoms with E-state index in [-0.39, 0.29) is 0 Å². The first-order valence-corrected chi connectivity index (χ1v) is 9.34. The number of rotatable bonds is 6. The number of hydrogen-bond acceptors (Lipinski definition) is 1. The van der Waals surface area contributed by atoms with Crippen LogP contribution in [-0.4, -0.2) is 6.54 Å². The van der Waals surface area contributed by atoms with Crippen molar-refractivity contribution >= 4 is 10.8 Å². The van der Waals surface area contributed by atoms with Crippen LogP contribution in [0, 0.1) is 20.8 Å². The van der Waals surface area contributed by atoms with E-state index in [9.17, 15) is 0 Å². The average molecular weight is 332 g/mol. The third-order valence-electron chi connectivity index (χ3n) is 5.18. The van der Waals surface area contributed by atoms with Crippen LogP contribution >= 0.6 is 0 Å². The van der Waals surface area contributed by atoms with Gasteiger partial charge in [-0.25, -0.2) is 0 Å². The van der Waals surface area contributed by atoms with Gasteiger partial charge in [-0.3, -0.25) is 0 Å². The molecule has 3 aromatic rings. The molecule has 0 aliphatic carbocycles. The van der Waals surface area contributed by atoms with E-state index in [0.717, 1.165) is 13.0 Å². The largest absolute Gasteiger partial charge is 0.310 e. The second-order valence-corrected chi connectivity index (χ2v) is 7.23. The Morgan fingerprint density at radius 2 is 1.56 bits per heavy atom. The molecule has 130 valence electrons. The van der Waals surface area contributed by atoms with Gasteiger partial charge in [-0.15, -0.1) is 0 Å². The first-order chi connectivity index (χ1) is 12.1. The lowest BCUT2D eigenvalue weighted by Crippen LogP contribution is -2.20. The monoisotopic (exact) mass is 331 g/mol. The van der Waals surface area contributed by atoms with E-state index in [1.165, 1.54) is 45.0 Å². The number of aryl methyl sites for hydroxylation is 3. The SMILES string of the molecule is Cc1cc(C)c(CCCN[C@@H](C)c2cccc3ccccc23)c(C)c1. The maximum atomic E-state index is 3.71. The van der Waals surface area contributed by atoms with E-state index in [2.05, 4.69) is 87.6 Å². The second kappa shape index (κ2) is 7.84. The van der Waals surface area contributed by atoms with Gasteiger partial charge in [0.1, 0.15) is 0 Å². The fourth-order valence-electron chi connectivity index (χ4n) is 3.93. The van der Waals surface area contributed by atoms with Crippen molar-refractivity contribution in [2.24, 2.45) is 0 Å². The van der Waals surface area contributed by atoms with E-state index >= 15 is 0 Å². The average Bonchev–Trinajstić information content (AvgIpc) is 2.59. The summed E-state index contributed by atoms with van der Waals surface area (Å²) in [7, 11) is 0. The van der Waals surface area contributed by atoms with Crippen LogP contribution in [0.4, 0.5) is 0 Å². The van der Waals surface area contributed by atoms with Crippen LogP contribution in [-0.2, 0) is 6.42 Å².